The van der Waals surface area contributed by atoms with Crippen LogP contribution in [-0.2, 0) is 4.79 Å². The average Bonchev–Trinajstić information content (AvgIpc) is 2.60. The summed E-state index contributed by atoms with van der Waals surface area (Å²) >= 11 is 0. The molecule has 0 aliphatic rings. The minimum Gasteiger partial charge on any atom is -0.493 e. The Labute approximate surface area is 155 Å². The molecule has 0 saturated carbocycles. The van der Waals surface area contributed by atoms with E-state index in [0.29, 0.717) is 12.5 Å². The first kappa shape index (κ1) is 19.6. The molecule has 0 aromatic heterocycles. The van der Waals surface area contributed by atoms with E-state index in [1.165, 1.54) is 0 Å². The highest BCUT2D eigenvalue weighted by molar-refractivity contribution is 5.94. The van der Waals surface area contributed by atoms with Gasteiger partial charge in [0.2, 0.25) is 5.91 Å². The number of carbonyl (C=O) groups is 1. The van der Waals surface area contributed by atoms with Gasteiger partial charge in [0.1, 0.15) is 11.5 Å². The van der Waals surface area contributed by atoms with Gasteiger partial charge in [0, 0.05) is 5.69 Å². The first-order chi connectivity index (χ1) is 12.4. The molecule has 0 fully saturated rings. The monoisotopic (exact) mass is 356 g/mol. The van der Waals surface area contributed by atoms with Gasteiger partial charge < -0.3 is 20.1 Å². The molecular weight excluding hydrogens is 328 g/mol. The van der Waals surface area contributed by atoms with E-state index in [2.05, 4.69) is 24.5 Å². The van der Waals surface area contributed by atoms with Crippen molar-refractivity contribution in [1.82, 2.24) is 0 Å². The molecule has 2 N–H and O–H groups in total. The molecule has 1 amide bonds. The first-order valence-corrected chi connectivity index (χ1v) is 8.96. The lowest BCUT2D eigenvalue weighted by molar-refractivity contribution is -0.114. The number of amides is 1. The molecule has 0 radical (unpaired) electrons. The number of anilines is 2. The van der Waals surface area contributed by atoms with Crippen LogP contribution >= 0.6 is 0 Å². The number of benzene rings is 2. The van der Waals surface area contributed by atoms with E-state index in [1.54, 1.807) is 0 Å². The van der Waals surface area contributed by atoms with Crippen LogP contribution in [0.5, 0.6) is 11.5 Å². The second-order valence-electron chi connectivity index (χ2n) is 6.79. The number of para-hydroxylation sites is 2. The van der Waals surface area contributed by atoms with Crippen LogP contribution in [0.2, 0.25) is 0 Å². The quantitative estimate of drug-likeness (QED) is 0.691. The highest BCUT2D eigenvalue weighted by atomic mass is 16.5. The average molecular weight is 356 g/mol. The van der Waals surface area contributed by atoms with E-state index in [1.807, 2.05) is 62.4 Å². The molecule has 0 unspecified atom stereocenters. The van der Waals surface area contributed by atoms with Crippen LogP contribution in [0.1, 0.15) is 27.7 Å². The van der Waals surface area contributed by atoms with E-state index in [9.17, 15) is 4.79 Å². The summed E-state index contributed by atoms with van der Waals surface area (Å²) in [7, 11) is 0. The molecule has 2 aromatic rings. The van der Waals surface area contributed by atoms with Crippen molar-refractivity contribution in [3.63, 3.8) is 0 Å². The van der Waals surface area contributed by atoms with Crippen LogP contribution in [0.15, 0.2) is 48.5 Å². The van der Waals surface area contributed by atoms with Crippen LogP contribution in [0.3, 0.4) is 0 Å². The smallest absolute Gasteiger partial charge is 0.243 e. The summed E-state index contributed by atoms with van der Waals surface area (Å²) in [6.45, 7) is 8.98. The summed E-state index contributed by atoms with van der Waals surface area (Å²) < 4.78 is 11.4. The van der Waals surface area contributed by atoms with Gasteiger partial charge in [0.15, 0.2) is 0 Å². The minimum atomic E-state index is -0.125. The summed E-state index contributed by atoms with van der Waals surface area (Å²) in [4.78, 5) is 12.2. The van der Waals surface area contributed by atoms with Crippen molar-refractivity contribution in [2.45, 2.75) is 33.8 Å². The molecule has 5 nitrogen and oxygen atoms in total. The number of ether oxygens (including phenoxy) is 2. The standard InChI is InChI=1S/C21H28N2O3/c1-15(2)14-25-18-11-9-17(10-12-18)23-21(24)13-22-19-7-5-6-8-20(19)26-16(3)4/h5-12,15-16,22H,13-14H2,1-4H3,(H,23,24). The van der Waals surface area contributed by atoms with Crippen LogP contribution < -0.4 is 20.1 Å². The summed E-state index contributed by atoms with van der Waals surface area (Å²) in [6.07, 6.45) is 0.0724. The molecule has 0 bridgehead atoms. The van der Waals surface area contributed by atoms with Gasteiger partial charge in [0.05, 0.1) is 24.9 Å². The Bertz CT molecular complexity index is 697. The maximum absolute atomic E-state index is 12.2. The second-order valence-corrected chi connectivity index (χ2v) is 6.79. The van der Waals surface area contributed by atoms with Crippen molar-refractivity contribution >= 4 is 17.3 Å². The number of hydrogen-bond donors (Lipinski definition) is 2. The third-order valence-electron chi connectivity index (χ3n) is 3.41. The number of hydrogen-bond acceptors (Lipinski definition) is 4. The maximum Gasteiger partial charge on any atom is 0.243 e. The van der Waals surface area contributed by atoms with Crippen LogP contribution in [-0.4, -0.2) is 25.2 Å². The van der Waals surface area contributed by atoms with E-state index < -0.39 is 0 Å². The zero-order chi connectivity index (χ0) is 18.9. The van der Waals surface area contributed by atoms with Gasteiger partial charge in [-0.3, -0.25) is 4.79 Å². The van der Waals surface area contributed by atoms with Crippen molar-refractivity contribution in [2.75, 3.05) is 23.8 Å². The molecule has 0 heterocycles. The predicted octanol–water partition coefficient (Wildman–Crippen LogP) is 4.56. The summed E-state index contributed by atoms with van der Waals surface area (Å²) in [5, 5.41) is 5.99. The Balaban J connectivity index is 1.85. The van der Waals surface area contributed by atoms with Gasteiger partial charge in [-0.2, -0.15) is 0 Å². The molecule has 0 aliphatic heterocycles. The number of carbonyl (C=O) groups excluding carboxylic acids is 1. The molecular formula is C21H28N2O3. The molecule has 0 aliphatic carbocycles. The van der Waals surface area contributed by atoms with Crippen molar-refractivity contribution in [3.8, 4) is 11.5 Å². The Morgan fingerprint density at radius 2 is 1.69 bits per heavy atom. The van der Waals surface area contributed by atoms with E-state index >= 15 is 0 Å². The minimum absolute atomic E-state index is 0.0724. The summed E-state index contributed by atoms with van der Waals surface area (Å²) in [6, 6.07) is 15.0. The van der Waals surface area contributed by atoms with Crippen LogP contribution in [0.25, 0.3) is 0 Å². The highest BCUT2D eigenvalue weighted by Gasteiger charge is 2.07. The maximum atomic E-state index is 12.2. The summed E-state index contributed by atoms with van der Waals surface area (Å²) in [5.74, 6) is 1.89. The largest absolute Gasteiger partial charge is 0.493 e. The van der Waals surface area contributed by atoms with Gasteiger partial charge in [-0.05, 0) is 56.2 Å². The topological polar surface area (TPSA) is 59.6 Å². The Hall–Kier alpha value is -2.69. The summed E-state index contributed by atoms with van der Waals surface area (Å²) in [5.41, 5.74) is 1.54. The molecule has 2 rings (SSSR count). The van der Waals surface area contributed by atoms with Crippen molar-refractivity contribution in [1.29, 1.82) is 0 Å². The molecule has 0 saturated heterocycles. The zero-order valence-corrected chi connectivity index (χ0v) is 15.9. The molecule has 5 heteroatoms. The van der Waals surface area contributed by atoms with E-state index in [-0.39, 0.29) is 18.6 Å². The zero-order valence-electron chi connectivity index (χ0n) is 15.9. The van der Waals surface area contributed by atoms with Crippen LogP contribution in [0.4, 0.5) is 11.4 Å². The van der Waals surface area contributed by atoms with Crippen LogP contribution in [0, 0.1) is 5.92 Å². The normalized spacial score (nSPS) is 10.7. The fourth-order valence-electron chi connectivity index (χ4n) is 2.25. The van der Waals surface area contributed by atoms with Gasteiger partial charge >= 0.3 is 0 Å². The fraction of sp³-hybridized carbons (Fsp3) is 0.381. The van der Waals surface area contributed by atoms with Gasteiger partial charge in [0.25, 0.3) is 0 Å². The van der Waals surface area contributed by atoms with Crippen molar-refractivity contribution < 1.29 is 14.3 Å². The second kappa shape index (κ2) is 9.70. The molecule has 0 spiro atoms. The Morgan fingerprint density at radius 1 is 1.00 bits per heavy atom. The van der Waals surface area contributed by atoms with Gasteiger partial charge in [-0.15, -0.1) is 0 Å². The Morgan fingerprint density at radius 3 is 2.35 bits per heavy atom. The van der Waals surface area contributed by atoms with Crippen molar-refractivity contribution in [2.24, 2.45) is 5.92 Å². The first-order valence-electron chi connectivity index (χ1n) is 8.96. The lowest BCUT2D eigenvalue weighted by atomic mass is 10.2. The number of rotatable bonds is 9. The molecule has 2 aromatic carbocycles. The molecule has 26 heavy (non-hydrogen) atoms. The van der Waals surface area contributed by atoms with E-state index in [0.717, 1.165) is 22.9 Å². The third-order valence-corrected chi connectivity index (χ3v) is 3.41. The molecule has 140 valence electrons. The lowest BCUT2D eigenvalue weighted by Crippen LogP contribution is -2.22. The third kappa shape index (κ3) is 6.67. The SMILES string of the molecule is CC(C)COc1ccc(NC(=O)CNc2ccccc2OC(C)C)cc1. The Kier molecular flexibility index (Phi) is 7.33. The lowest BCUT2D eigenvalue weighted by Gasteiger charge is -2.15. The highest BCUT2D eigenvalue weighted by Crippen LogP contribution is 2.24. The van der Waals surface area contributed by atoms with Crippen molar-refractivity contribution in [3.05, 3.63) is 48.5 Å². The fourth-order valence-corrected chi connectivity index (χ4v) is 2.25. The predicted molar refractivity (Wildman–Crippen MR) is 106 cm³/mol. The number of nitrogens with one attached hydrogen (secondary N) is 2. The van der Waals surface area contributed by atoms with Gasteiger partial charge in [-0.25, -0.2) is 0 Å². The molecule has 0 atom stereocenters. The van der Waals surface area contributed by atoms with Gasteiger partial charge in [-0.1, -0.05) is 26.0 Å². The van der Waals surface area contributed by atoms with E-state index in [4.69, 9.17) is 9.47 Å².